The number of carbonyl (C=O) groups excluding carboxylic acids is 1. The maximum absolute atomic E-state index is 14.4. The molecule has 3 N–H and O–H groups in total. The number of rotatable bonds is 11. The van der Waals surface area contributed by atoms with Crippen LogP contribution in [0.25, 0.3) is 11.0 Å². The zero-order chi connectivity index (χ0) is 33.3. The number of aliphatic hydroxyl groups excluding tert-OH is 1. The summed E-state index contributed by atoms with van der Waals surface area (Å²) in [5.74, 6) is 3.95. The van der Waals surface area contributed by atoms with Crippen LogP contribution >= 0.6 is 0 Å². The number of amides is 1. The first-order chi connectivity index (χ1) is 22.8. The molecule has 12 heteroatoms. The fourth-order valence-electron chi connectivity index (χ4n) is 4.79. The number of halogens is 2. The Morgan fingerprint density at radius 1 is 0.979 bits per heavy atom. The molecule has 0 saturated carbocycles. The molecule has 2 aromatic heterocycles. The minimum atomic E-state index is -0.853. The summed E-state index contributed by atoms with van der Waals surface area (Å²) in [6.45, 7) is -0.662. The molecule has 2 heterocycles. The molecule has 0 atom stereocenters. The highest BCUT2D eigenvalue weighted by atomic mass is 19.1. The Bertz CT molecular complexity index is 2040. The third-order valence-corrected chi connectivity index (χ3v) is 7.12. The van der Waals surface area contributed by atoms with E-state index in [4.69, 9.17) is 14.3 Å². The van der Waals surface area contributed by atoms with E-state index in [1.807, 2.05) is 30.3 Å². The van der Waals surface area contributed by atoms with Gasteiger partial charge in [-0.3, -0.25) is 9.59 Å². The van der Waals surface area contributed by atoms with E-state index in [0.717, 1.165) is 16.4 Å². The first-order valence-corrected chi connectivity index (χ1v) is 14.4. The summed E-state index contributed by atoms with van der Waals surface area (Å²) >= 11 is 0. The van der Waals surface area contributed by atoms with E-state index in [9.17, 15) is 23.5 Å². The van der Waals surface area contributed by atoms with E-state index in [1.165, 1.54) is 26.5 Å². The molecular weight excluding hydrogens is 610 g/mol. The van der Waals surface area contributed by atoms with Gasteiger partial charge in [-0.15, -0.1) is 4.73 Å². The number of pyridine rings is 2. The molecule has 0 bridgehead atoms. The van der Waals surface area contributed by atoms with Crippen LogP contribution in [0.3, 0.4) is 0 Å². The second kappa shape index (κ2) is 14.9. The molecule has 0 fully saturated rings. The van der Waals surface area contributed by atoms with Gasteiger partial charge in [0.1, 0.15) is 41.9 Å². The highest BCUT2D eigenvalue weighted by Gasteiger charge is 2.25. The van der Waals surface area contributed by atoms with Crippen molar-refractivity contribution in [3.8, 4) is 23.3 Å². The van der Waals surface area contributed by atoms with Gasteiger partial charge in [0.2, 0.25) is 0 Å². The number of anilines is 1. The summed E-state index contributed by atoms with van der Waals surface area (Å²) < 4.78 is 39.7. The molecule has 0 spiro atoms. The molecule has 0 aliphatic rings. The Kier molecular flexibility index (Phi) is 10.3. The van der Waals surface area contributed by atoms with Crippen LogP contribution in [0.2, 0.25) is 0 Å². The Hall–Kier alpha value is -5.93. The number of methoxy groups -OCH3 is 2. The average Bonchev–Trinajstić information content (AvgIpc) is 3.09. The second-order valence-electron chi connectivity index (χ2n) is 10.1. The number of carbonyl (C=O) groups is 1. The van der Waals surface area contributed by atoms with Gasteiger partial charge in [0, 0.05) is 53.5 Å². The molecule has 0 radical (unpaired) electrons. The number of hydrogen-bond donors (Lipinski definition) is 3. The van der Waals surface area contributed by atoms with Crippen LogP contribution in [0.5, 0.6) is 11.5 Å². The summed E-state index contributed by atoms with van der Waals surface area (Å²) in [5, 5.41) is 15.3. The van der Waals surface area contributed by atoms with Crippen molar-refractivity contribution in [3.63, 3.8) is 0 Å². The van der Waals surface area contributed by atoms with Gasteiger partial charge in [-0.1, -0.05) is 48.2 Å². The normalized spacial score (nSPS) is 10.6. The molecule has 0 aliphatic heterocycles. The number of aliphatic hydroxyl groups is 1. The quantitative estimate of drug-likeness (QED) is 0.184. The smallest absolute Gasteiger partial charge is 0.300 e. The zero-order valence-corrected chi connectivity index (χ0v) is 25.5. The van der Waals surface area contributed by atoms with Crippen LogP contribution in [0.15, 0.2) is 83.8 Å². The van der Waals surface area contributed by atoms with E-state index >= 15 is 0 Å². The van der Waals surface area contributed by atoms with Gasteiger partial charge in [-0.2, -0.15) is 0 Å². The van der Waals surface area contributed by atoms with E-state index < -0.39 is 29.7 Å². The lowest BCUT2D eigenvalue weighted by atomic mass is 10.1. The average molecular weight is 641 g/mol. The zero-order valence-electron chi connectivity index (χ0n) is 25.5. The van der Waals surface area contributed by atoms with Crippen molar-refractivity contribution >= 4 is 22.6 Å². The number of aromatic nitrogens is 2. The Balaban J connectivity index is 1.65. The van der Waals surface area contributed by atoms with Gasteiger partial charge in [0.15, 0.2) is 5.65 Å². The predicted molar refractivity (Wildman–Crippen MR) is 171 cm³/mol. The fourth-order valence-corrected chi connectivity index (χ4v) is 4.79. The molecule has 10 nitrogen and oxygen atoms in total. The van der Waals surface area contributed by atoms with Crippen molar-refractivity contribution < 1.29 is 33.0 Å². The summed E-state index contributed by atoms with van der Waals surface area (Å²) in [5.41, 5.74) is 0.836. The first kappa shape index (κ1) is 32.5. The van der Waals surface area contributed by atoms with Crippen LogP contribution in [-0.4, -0.2) is 41.6 Å². The van der Waals surface area contributed by atoms with Crippen molar-refractivity contribution in [1.29, 1.82) is 0 Å². The maximum Gasteiger partial charge on any atom is 0.300 e. The largest absolute Gasteiger partial charge is 0.497 e. The maximum atomic E-state index is 14.4. The standard InChI is InChI=1S/C35H30F2N4O6/c1-45-27-13-11-25(30(17-27)46-2)20-38-32-28-15-23(9-6-14-42)18-39-33(28)41(47-21-22-7-4-3-5-8-22)35(44)31(32)34(43)40-19-24-10-12-26(36)16-29(24)37/h3-5,7-8,10-13,15-18,38,42H,14,19-21H2,1-2H3,(H,40,43). The highest BCUT2D eigenvalue weighted by Crippen LogP contribution is 2.29. The number of hydrogen-bond acceptors (Lipinski definition) is 8. The molecule has 3 aromatic carbocycles. The number of nitrogens with one attached hydrogen (secondary N) is 2. The molecule has 0 aliphatic carbocycles. The van der Waals surface area contributed by atoms with Crippen molar-refractivity contribution in [2.75, 3.05) is 26.1 Å². The SMILES string of the molecule is COc1ccc(CNc2c(C(=O)NCc3ccc(F)cc3F)c(=O)n(OCc3ccccc3)c3ncc(C#CCO)cc23)c(OC)c1. The van der Waals surface area contributed by atoms with Crippen LogP contribution < -0.4 is 30.5 Å². The molecule has 47 heavy (non-hydrogen) atoms. The molecule has 1 amide bonds. The first-order valence-electron chi connectivity index (χ1n) is 14.4. The van der Waals surface area contributed by atoms with E-state index in [0.29, 0.717) is 34.1 Å². The highest BCUT2D eigenvalue weighted by molar-refractivity contribution is 6.06. The van der Waals surface area contributed by atoms with Crippen molar-refractivity contribution in [2.45, 2.75) is 19.7 Å². The lowest BCUT2D eigenvalue weighted by molar-refractivity contribution is 0.0898. The summed E-state index contributed by atoms with van der Waals surface area (Å²) in [4.78, 5) is 38.4. The van der Waals surface area contributed by atoms with Gasteiger partial charge in [-0.05, 0) is 29.8 Å². The molecule has 0 unspecified atom stereocenters. The number of benzene rings is 3. The Morgan fingerprint density at radius 2 is 1.77 bits per heavy atom. The van der Waals surface area contributed by atoms with Crippen LogP contribution in [0.4, 0.5) is 14.5 Å². The van der Waals surface area contributed by atoms with Crippen molar-refractivity contribution in [3.05, 3.63) is 129 Å². The minimum Gasteiger partial charge on any atom is -0.497 e. The lowest BCUT2D eigenvalue weighted by Gasteiger charge is -2.19. The summed E-state index contributed by atoms with van der Waals surface area (Å²) in [6.07, 6.45) is 1.42. The van der Waals surface area contributed by atoms with Crippen molar-refractivity contribution in [2.24, 2.45) is 0 Å². The van der Waals surface area contributed by atoms with Gasteiger partial charge >= 0.3 is 0 Å². The van der Waals surface area contributed by atoms with Crippen molar-refractivity contribution in [1.82, 2.24) is 15.0 Å². The fraction of sp³-hybridized carbons (Fsp3) is 0.171. The van der Waals surface area contributed by atoms with Gasteiger partial charge < -0.3 is 30.1 Å². The second-order valence-corrected chi connectivity index (χ2v) is 10.1. The molecule has 5 rings (SSSR count). The van der Waals surface area contributed by atoms with Crippen LogP contribution in [-0.2, 0) is 19.7 Å². The topological polar surface area (TPSA) is 124 Å². The third-order valence-electron chi connectivity index (χ3n) is 7.12. The van der Waals surface area contributed by atoms with Gasteiger partial charge in [0.25, 0.3) is 11.5 Å². The van der Waals surface area contributed by atoms with Gasteiger partial charge in [0.05, 0.1) is 19.9 Å². The lowest BCUT2D eigenvalue weighted by Crippen LogP contribution is -2.37. The van der Waals surface area contributed by atoms with E-state index in [-0.39, 0.29) is 42.2 Å². The third kappa shape index (κ3) is 7.49. The molecule has 240 valence electrons. The Labute approximate surface area is 268 Å². The van der Waals surface area contributed by atoms with E-state index in [2.05, 4.69) is 27.5 Å². The number of fused-ring (bicyclic) bond motifs is 1. The summed E-state index contributed by atoms with van der Waals surface area (Å²) in [7, 11) is 3.03. The number of nitrogens with zero attached hydrogens (tertiary/aromatic N) is 2. The van der Waals surface area contributed by atoms with Crippen LogP contribution in [0.1, 0.15) is 32.6 Å². The van der Waals surface area contributed by atoms with E-state index in [1.54, 1.807) is 24.3 Å². The Morgan fingerprint density at radius 3 is 2.49 bits per heavy atom. The minimum absolute atomic E-state index is 0.0156. The molecule has 5 aromatic rings. The van der Waals surface area contributed by atoms with Gasteiger partial charge in [-0.25, -0.2) is 13.8 Å². The number of ether oxygens (including phenoxy) is 2. The predicted octanol–water partition coefficient (Wildman–Crippen LogP) is 4.21. The summed E-state index contributed by atoms with van der Waals surface area (Å²) in [6, 6.07) is 18.9. The molecular formula is C35H30F2N4O6. The van der Waals surface area contributed by atoms with Crippen LogP contribution in [0, 0.1) is 23.5 Å². The molecule has 0 saturated heterocycles. The monoisotopic (exact) mass is 640 g/mol.